The summed E-state index contributed by atoms with van der Waals surface area (Å²) in [6.07, 6.45) is 3.58. The lowest BCUT2D eigenvalue weighted by molar-refractivity contribution is 0.248. The minimum atomic E-state index is -3.70. The maximum atomic E-state index is 13.4. The van der Waals surface area contributed by atoms with Gasteiger partial charge < -0.3 is 10.6 Å². The van der Waals surface area contributed by atoms with Crippen molar-refractivity contribution in [2.45, 2.75) is 75.5 Å². The molecule has 0 aliphatic heterocycles. The third kappa shape index (κ3) is 5.29. The molecule has 5 nitrogen and oxygen atoms in total. The van der Waals surface area contributed by atoms with Gasteiger partial charge in [0.05, 0.1) is 4.90 Å². The van der Waals surface area contributed by atoms with E-state index in [1.165, 1.54) is 0 Å². The monoisotopic (exact) mass is 442 g/mol. The number of benzene rings is 2. The van der Waals surface area contributed by atoms with Gasteiger partial charge in [0.15, 0.2) is 9.84 Å². The molecule has 6 heteroatoms. The minimum absolute atomic E-state index is 0.0825. The van der Waals surface area contributed by atoms with Crippen LogP contribution in [-0.4, -0.2) is 19.8 Å². The summed E-state index contributed by atoms with van der Waals surface area (Å²) in [7, 11) is -3.70. The molecule has 1 aliphatic rings. The van der Waals surface area contributed by atoms with Gasteiger partial charge in [-0.05, 0) is 53.9 Å². The highest BCUT2D eigenvalue weighted by atomic mass is 32.2. The van der Waals surface area contributed by atoms with Crippen LogP contribution in [0.25, 0.3) is 0 Å². The third-order valence-corrected chi connectivity index (χ3v) is 8.22. The first kappa shape index (κ1) is 23.3. The molecular formula is C25H34N2O3S. The van der Waals surface area contributed by atoms with Crippen LogP contribution in [0.2, 0.25) is 0 Å². The fourth-order valence-corrected chi connectivity index (χ4v) is 6.31. The number of carbonyl (C=O) groups is 1. The normalized spacial score (nSPS) is 15.9. The van der Waals surface area contributed by atoms with Gasteiger partial charge in [-0.2, -0.15) is 0 Å². The number of hydrogen-bond acceptors (Lipinski definition) is 3. The van der Waals surface area contributed by atoms with Crippen molar-refractivity contribution >= 4 is 21.6 Å². The van der Waals surface area contributed by atoms with E-state index in [0.717, 1.165) is 42.5 Å². The highest BCUT2D eigenvalue weighted by molar-refractivity contribution is 7.92. The summed E-state index contributed by atoms with van der Waals surface area (Å²) < 4.78 is 26.8. The molecule has 3 rings (SSSR count). The molecule has 1 unspecified atom stereocenters. The molecule has 0 heterocycles. The average molecular weight is 443 g/mol. The molecular weight excluding hydrogens is 408 g/mol. The molecule has 1 atom stereocenters. The Morgan fingerprint density at radius 1 is 0.871 bits per heavy atom. The number of nitrogens with one attached hydrogen (secondary N) is 2. The van der Waals surface area contributed by atoms with E-state index in [9.17, 15) is 13.2 Å². The van der Waals surface area contributed by atoms with E-state index in [0.29, 0.717) is 0 Å². The van der Waals surface area contributed by atoms with E-state index >= 15 is 0 Å². The van der Waals surface area contributed by atoms with E-state index in [2.05, 4.69) is 38.3 Å². The first-order chi connectivity index (χ1) is 14.7. The zero-order valence-corrected chi connectivity index (χ0v) is 19.7. The summed E-state index contributed by atoms with van der Waals surface area (Å²) >= 11 is 0. The highest BCUT2D eigenvalue weighted by Gasteiger charge is 2.37. The summed E-state index contributed by atoms with van der Waals surface area (Å²) in [4.78, 5) is 13.4. The van der Waals surface area contributed by atoms with Gasteiger partial charge >= 0.3 is 6.03 Å². The predicted molar refractivity (Wildman–Crippen MR) is 126 cm³/mol. The van der Waals surface area contributed by atoms with Crippen molar-refractivity contribution in [3.05, 3.63) is 59.7 Å². The highest BCUT2D eigenvalue weighted by Crippen LogP contribution is 2.34. The predicted octanol–water partition coefficient (Wildman–Crippen LogP) is 6.05. The summed E-state index contributed by atoms with van der Waals surface area (Å²) in [6, 6.07) is 14.0. The van der Waals surface area contributed by atoms with Gasteiger partial charge in [0.2, 0.25) is 0 Å². The van der Waals surface area contributed by atoms with Gasteiger partial charge in [-0.1, -0.05) is 76.9 Å². The van der Waals surface area contributed by atoms with E-state index in [1.54, 1.807) is 30.3 Å². The summed E-state index contributed by atoms with van der Waals surface area (Å²) in [5.74, 6) is 0.376. The summed E-state index contributed by atoms with van der Waals surface area (Å²) in [5, 5.41) is 4.91. The second-order valence-electron chi connectivity index (χ2n) is 9.04. The van der Waals surface area contributed by atoms with Crippen molar-refractivity contribution < 1.29 is 13.2 Å². The summed E-state index contributed by atoms with van der Waals surface area (Å²) in [5.41, 5.74) is 2.88. The van der Waals surface area contributed by atoms with Crippen LogP contribution < -0.4 is 10.6 Å². The van der Waals surface area contributed by atoms with E-state index in [-0.39, 0.29) is 22.6 Å². The molecule has 0 spiro atoms. The molecule has 1 fully saturated rings. The van der Waals surface area contributed by atoms with Crippen LogP contribution in [0.1, 0.15) is 76.3 Å². The zero-order valence-electron chi connectivity index (χ0n) is 18.9. The molecule has 168 valence electrons. The van der Waals surface area contributed by atoms with Gasteiger partial charge in [-0.3, -0.25) is 0 Å². The summed E-state index contributed by atoms with van der Waals surface area (Å²) in [6.45, 7) is 8.35. The first-order valence-corrected chi connectivity index (χ1v) is 12.8. The van der Waals surface area contributed by atoms with Gasteiger partial charge in [0.25, 0.3) is 0 Å². The second kappa shape index (κ2) is 9.86. The van der Waals surface area contributed by atoms with Crippen molar-refractivity contribution in [1.82, 2.24) is 5.32 Å². The Bertz CT molecular complexity index is 968. The van der Waals surface area contributed by atoms with Crippen molar-refractivity contribution in [2.24, 2.45) is 5.92 Å². The van der Waals surface area contributed by atoms with Crippen LogP contribution in [0.3, 0.4) is 0 Å². The topological polar surface area (TPSA) is 75.3 Å². The molecule has 2 N–H and O–H groups in total. The van der Waals surface area contributed by atoms with Crippen LogP contribution >= 0.6 is 0 Å². The molecule has 1 saturated carbocycles. The van der Waals surface area contributed by atoms with Gasteiger partial charge in [-0.15, -0.1) is 0 Å². The van der Waals surface area contributed by atoms with Crippen LogP contribution in [0, 0.1) is 5.92 Å². The van der Waals surface area contributed by atoms with E-state index in [1.807, 2.05) is 18.2 Å². The maximum Gasteiger partial charge on any atom is 0.320 e. The number of rotatable bonds is 7. The number of amides is 2. The van der Waals surface area contributed by atoms with Crippen LogP contribution in [0.15, 0.2) is 53.4 Å². The Morgan fingerprint density at radius 3 is 1.94 bits per heavy atom. The van der Waals surface area contributed by atoms with E-state index in [4.69, 9.17) is 0 Å². The van der Waals surface area contributed by atoms with Gasteiger partial charge in [-0.25, -0.2) is 13.2 Å². The lowest BCUT2D eigenvalue weighted by Crippen LogP contribution is -2.47. The van der Waals surface area contributed by atoms with Crippen molar-refractivity contribution in [2.75, 3.05) is 5.32 Å². The molecule has 0 aromatic heterocycles. The van der Waals surface area contributed by atoms with Crippen LogP contribution in [-0.2, 0) is 9.84 Å². The smallest absolute Gasteiger partial charge is 0.320 e. The fourth-order valence-electron chi connectivity index (χ4n) is 4.44. The minimum Gasteiger partial charge on any atom is -0.320 e. The molecule has 0 saturated heterocycles. The Kier molecular flexibility index (Phi) is 7.42. The molecule has 2 amide bonds. The SMILES string of the molecule is CC(C)c1cccc(C(C)C)c1NC(=O)NC(C1CCCC1)S(=O)(=O)c1ccccc1. The number of carbonyl (C=O) groups excluding carboxylic acids is 1. The number of hydrogen-bond donors (Lipinski definition) is 2. The number of anilines is 1. The Morgan fingerprint density at radius 2 is 1.42 bits per heavy atom. The third-order valence-electron chi connectivity index (χ3n) is 6.12. The van der Waals surface area contributed by atoms with Crippen molar-refractivity contribution in [3.8, 4) is 0 Å². The van der Waals surface area contributed by atoms with E-state index < -0.39 is 21.2 Å². The molecule has 31 heavy (non-hydrogen) atoms. The number of sulfone groups is 1. The van der Waals surface area contributed by atoms with Crippen molar-refractivity contribution in [3.63, 3.8) is 0 Å². The average Bonchev–Trinajstić information content (AvgIpc) is 3.26. The standard InChI is InChI=1S/C25H34N2O3S/c1-17(2)21-15-10-16-22(18(3)4)23(21)26-25(28)27-24(19-11-8-9-12-19)31(29,30)20-13-6-5-7-14-20/h5-7,10,13-19,24H,8-9,11-12H2,1-4H3,(H2,26,27,28). The Balaban J connectivity index is 1.91. The van der Waals surface area contributed by atoms with Crippen molar-refractivity contribution in [1.29, 1.82) is 0 Å². The molecule has 0 radical (unpaired) electrons. The maximum absolute atomic E-state index is 13.4. The van der Waals surface area contributed by atoms with Crippen LogP contribution in [0.4, 0.5) is 10.5 Å². The quantitative estimate of drug-likeness (QED) is 0.548. The van der Waals surface area contributed by atoms with Gasteiger partial charge in [0.1, 0.15) is 5.37 Å². The molecule has 0 bridgehead atoms. The van der Waals surface area contributed by atoms with Crippen LogP contribution in [0.5, 0.6) is 0 Å². The number of urea groups is 1. The zero-order chi connectivity index (χ0) is 22.6. The lowest BCUT2D eigenvalue weighted by Gasteiger charge is -2.26. The Hall–Kier alpha value is -2.34. The second-order valence-corrected chi connectivity index (χ2v) is 11.1. The van der Waals surface area contributed by atoms with Gasteiger partial charge in [0, 0.05) is 5.69 Å². The Labute approximate surface area is 186 Å². The fraction of sp³-hybridized carbons (Fsp3) is 0.480. The molecule has 2 aromatic rings. The lowest BCUT2D eigenvalue weighted by atomic mass is 9.93. The first-order valence-electron chi connectivity index (χ1n) is 11.2. The number of para-hydroxylation sites is 1. The largest absolute Gasteiger partial charge is 0.320 e. The molecule has 2 aromatic carbocycles. The molecule has 1 aliphatic carbocycles.